The molecule has 0 bridgehead atoms. The predicted molar refractivity (Wildman–Crippen MR) is 82.2 cm³/mol. The molecule has 0 fully saturated rings. The summed E-state index contributed by atoms with van der Waals surface area (Å²) in [6.45, 7) is 1.92. The van der Waals surface area contributed by atoms with Crippen molar-refractivity contribution in [1.82, 2.24) is 24.1 Å². The Hall–Kier alpha value is -1.88. The van der Waals surface area contributed by atoms with Gasteiger partial charge < -0.3 is 4.57 Å². The highest BCUT2D eigenvalue weighted by atomic mass is 32.2. The molecule has 0 aliphatic carbocycles. The maximum atomic E-state index is 13.4. The molecule has 25 heavy (non-hydrogen) atoms. The van der Waals surface area contributed by atoms with Gasteiger partial charge in [0, 0.05) is 37.5 Å². The van der Waals surface area contributed by atoms with Gasteiger partial charge in [-0.15, -0.1) is 0 Å². The van der Waals surface area contributed by atoms with Crippen molar-refractivity contribution in [2.75, 3.05) is 0 Å². The molecule has 2 unspecified atom stereocenters. The largest absolute Gasteiger partial charge is 0.409 e. The molecule has 3 heterocycles. The first-order valence-electron chi connectivity index (χ1n) is 7.73. The summed E-state index contributed by atoms with van der Waals surface area (Å²) in [5.41, 5.74) is -0.282. The van der Waals surface area contributed by atoms with Crippen molar-refractivity contribution in [3.05, 3.63) is 30.0 Å². The predicted octanol–water partition coefficient (Wildman–Crippen LogP) is 2.10. The van der Waals surface area contributed by atoms with Gasteiger partial charge in [0.15, 0.2) is 5.03 Å². The van der Waals surface area contributed by atoms with E-state index in [-0.39, 0.29) is 11.6 Å². The summed E-state index contributed by atoms with van der Waals surface area (Å²) >= 11 is 0. The second-order valence-electron chi connectivity index (χ2n) is 6.19. The topological polar surface area (TPSA) is 81.8 Å². The van der Waals surface area contributed by atoms with Gasteiger partial charge in [-0.25, -0.2) is 13.4 Å². The van der Waals surface area contributed by atoms with Crippen LogP contribution in [-0.2, 0) is 23.5 Å². The molecule has 1 aliphatic rings. The van der Waals surface area contributed by atoms with Gasteiger partial charge in [0.25, 0.3) is 10.0 Å². The Morgan fingerprint density at radius 2 is 2.08 bits per heavy atom. The summed E-state index contributed by atoms with van der Waals surface area (Å²) in [4.78, 5) is 4.03. The lowest BCUT2D eigenvalue weighted by Crippen LogP contribution is -2.38. The summed E-state index contributed by atoms with van der Waals surface area (Å²) in [5, 5.41) is 3.28. The van der Waals surface area contributed by atoms with E-state index >= 15 is 0 Å². The fourth-order valence-electron chi connectivity index (χ4n) is 2.93. The molecule has 0 saturated carbocycles. The van der Waals surface area contributed by atoms with E-state index in [0.29, 0.717) is 12.2 Å². The molecule has 7 nitrogen and oxygen atoms in total. The first-order valence-corrected chi connectivity index (χ1v) is 9.21. The van der Waals surface area contributed by atoms with E-state index in [2.05, 4.69) is 10.1 Å². The molecular formula is C14H18F3N5O2S. The monoisotopic (exact) mass is 377 g/mol. The molecule has 2 aromatic rings. The zero-order valence-electron chi connectivity index (χ0n) is 13.7. The van der Waals surface area contributed by atoms with Crippen LogP contribution in [0.1, 0.15) is 43.2 Å². The minimum absolute atomic E-state index is 0.0666. The normalized spacial score (nSPS) is 19.6. The number of fused-ring (bicyclic) bond motifs is 1. The average Bonchev–Trinajstić information content (AvgIpc) is 3.11. The Morgan fingerprint density at radius 3 is 2.64 bits per heavy atom. The summed E-state index contributed by atoms with van der Waals surface area (Å²) in [7, 11) is -2.98. The summed E-state index contributed by atoms with van der Waals surface area (Å²) in [6, 6.07) is -2.32. The van der Waals surface area contributed by atoms with Crippen LogP contribution >= 0.6 is 0 Å². The molecule has 11 heteroatoms. The number of aromatic nitrogens is 4. The van der Waals surface area contributed by atoms with Gasteiger partial charge in [0.05, 0.1) is 6.20 Å². The fraction of sp³-hybridized carbons (Fsp3) is 0.571. The first kappa shape index (κ1) is 17.9. The van der Waals surface area contributed by atoms with Crippen LogP contribution in [-0.4, -0.2) is 33.9 Å². The van der Waals surface area contributed by atoms with Gasteiger partial charge in [-0.05, 0) is 19.8 Å². The van der Waals surface area contributed by atoms with Crippen molar-refractivity contribution < 1.29 is 21.6 Å². The smallest absolute Gasteiger partial charge is 0.331 e. The number of rotatable bonds is 4. The standard InChI is InChI=1S/C14H18F3N5O2S/c1-9-4-3-5-11-19-12(8-22(9)11)25(23,24)20-13(14(15,16)17)10-6-18-21(2)7-10/h6-9,13,20H,3-5H2,1-2H3. The van der Waals surface area contributed by atoms with Crippen LogP contribution in [0.4, 0.5) is 13.2 Å². The van der Waals surface area contributed by atoms with Crippen LogP contribution in [0, 0.1) is 0 Å². The molecule has 0 radical (unpaired) electrons. The number of aryl methyl sites for hydroxylation is 2. The molecule has 0 spiro atoms. The van der Waals surface area contributed by atoms with E-state index in [1.54, 1.807) is 9.29 Å². The second-order valence-corrected chi connectivity index (χ2v) is 7.85. The minimum Gasteiger partial charge on any atom is -0.331 e. The average molecular weight is 377 g/mol. The van der Waals surface area contributed by atoms with E-state index in [0.717, 1.165) is 25.2 Å². The Balaban J connectivity index is 1.94. The fourth-order valence-corrected chi connectivity index (χ4v) is 4.11. The third-order valence-electron chi connectivity index (χ3n) is 4.22. The van der Waals surface area contributed by atoms with Crippen LogP contribution in [0.2, 0.25) is 0 Å². The maximum absolute atomic E-state index is 13.4. The number of nitrogens with zero attached hydrogens (tertiary/aromatic N) is 4. The molecule has 0 saturated heterocycles. The molecule has 1 aliphatic heterocycles. The molecule has 0 amide bonds. The lowest BCUT2D eigenvalue weighted by Gasteiger charge is -2.20. The highest BCUT2D eigenvalue weighted by molar-refractivity contribution is 7.89. The number of nitrogens with one attached hydrogen (secondary N) is 1. The molecule has 2 aromatic heterocycles. The third kappa shape index (κ3) is 3.56. The number of sulfonamides is 1. The second kappa shape index (κ2) is 6.13. The Morgan fingerprint density at radius 1 is 1.36 bits per heavy atom. The van der Waals surface area contributed by atoms with Gasteiger partial charge in [-0.1, -0.05) is 0 Å². The Labute approximate surface area is 142 Å². The molecule has 0 aromatic carbocycles. The van der Waals surface area contributed by atoms with E-state index in [1.165, 1.54) is 17.9 Å². The van der Waals surface area contributed by atoms with Gasteiger partial charge >= 0.3 is 6.18 Å². The Bertz CT molecular complexity index is 871. The number of alkyl halides is 3. The molecule has 1 N–H and O–H groups in total. The van der Waals surface area contributed by atoms with Crippen LogP contribution in [0.3, 0.4) is 0 Å². The molecule has 138 valence electrons. The van der Waals surface area contributed by atoms with Crippen molar-refractivity contribution in [1.29, 1.82) is 0 Å². The highest BCUT2D eigenvalue weighted by Crippen LogP contribution is 2.34. The lowest BCUT2D eigenvalue weighted by molar-refractivity contribution is -0.153. The molecule has 3 rings (SSSR count). The lowest BCUT2D eigenvalue weighted by atomic mass is 10.1. The SMILES string of the molecule is CC1CCCc2nc(S(=O)(=O)NC(c3cnn(C)c3)C(F)(F)F)cn21. The van der Waals surface area contributed by atoms with Gasteiger partial charge in [-0.2, -0.15) is 23.0 Å². The van der Waals surface area contributed by atoms with Crippen molar-refractivity contribution >= 4 is 10.0 Å². The van der Waals surface area contributed by atoms with Crippen molar-refractivity contribution in [3.8, 4) is 0 Å². The Kier molecular flexibility index (Phi) is 4.40. The number of hydrogen-bond acceptors (Lipinski definition) is 4. The van der Waals surface area contributed by atoms with E-state index in [4.69, 9.17) is 0 Å². The van der Waals surface area contributed by atoms with Gasteiger partial charge in [0.1, 0.15) is 11.9 Å². The van der Waals surface area contributed by atoms with Crippen LogP contribution < -0.4 is 4.72 Å². The van der Waals surface area contributed by atoms with Gasteiger partial charge in [0.2, 0.25) is 0 Å². The van der Waals surface area contributed by atoms with Crippen molar-refractivity contribution in [3.63, 3.8) is 0 Å². The number of hydrogen-bond donors (Lipinski definition) is 1. The highest BCUT2D eigenvalue weighted by Gasteiger charge is 2.44. The quantitative estimate of drug-likeness (QED) is 0.885. The summed E-state index contributed by atoms with van der Waals surface area (Å²) < 4.78 is 69.7. The number of imidazole rings is 1. The summed E-state index contributed by atoms with van der Waals surface area (Å²) in [6.07, 6.45) is 0.955. The van der Waals surface area contributed by atoms with E-state index < -0.39 is 27.3 Å². The zero-order chi connectivity index (χ0) is 18.4. The zero-order valence-corrected chi connectivity index (χ0v) is 14.5. The van der Waals surface area contributed by atoms with Crippen LogP contribution in [0.5, 0.6) is 0 Å². The first-order chi connectivity index (χ1) is 11.6. The van der Waals surface area contributed by atoms with E-state index in [9.17, 15) is 21.6 Å². The third-order valence-corrected chi connectivity index (χ3v) is 5.51. The maximum Gasteiger partial charge on any atom is 0.409 e. The van der Waals surface area contributed by atoms with Crippen molar-refractivity contribution in [2.24, 2.45) is 7.05 Å². The van der Waals surface area contributed by atoms with E-state index in [1.807, 2.05) is 6.92 Å². The van der Waals surface area contributed by atoms with Crippen LogP contribution in [0.15, 0.2) is 23.6 Å². The summed E-state index contributed by atoms with van der Waals surface area (Å²) in [5.74, 6) is 0.573. The van der Waals surface area contributed by atoms with Crippen LogP contribution in [0.25, 0.3) is 0 Å². The van der Waals surface area contributed by atoms with Crippen molar-refractivity contribution in [2.45, 2.75) is 49.5 Å². The van der Waals surface area contributed by atoms with Gasteiger partial charge in [-0.3, -0.25) is 4.68 Å². The molecular weight excluding hydrogens is 359 g/mol. The molecule has 2 atom stereocenters. The number of halogens is 3. The minimum atomic E-state index is -4.80.